The molecule has 0 spiro atoms. The van der Waals surface area contributed by atoms with Crippen molar-refractivity contribution in [1.82, 2.24) is 4.98 Å². The second kappa shape index (κ2) is 4.91. The molecule has 0 radical (unpaired) electrons. The summed E-state index contributed by atoms with van der Waals surface area (Å²) in [5, 5.41) is 0.960. The standard InChI is InChI=1S/C13H16N2O2/c1-2-3-6-17-10-5-4-9-7-12(13(14)16)15-11(9)8-10/h4-5,7-8,15H,2-3,6H2,1H3,(H2,14,16). The first-order valence-electron chi connectivity index (χ1n) is 5.76. The molecule has 3 N–H and O–H groups in total. The summed E-state index contributed by atoms with van der Waals surface area (Å²) in [6, 6.07) is 7.45. The van der Waals surface area contributed by atoms with Crippen molar-refractivity contribution in [3.05, 3.63) is 30.0 Å². The molecule has 4 nitrogen and oxygen atoms in total. The summed E-state index contributed by atoms with van der Waals surface area (Å²) >= 11 is 0. The molecule has 17 heavy (non-hydrogen) atoms. The maximum absolute atomic E-state index is 11.0. The molecule has 2 rings (SSSR count). The number of amides is 1. The lowest BCUT2D eigenvalue weighted by Gasteiger charge is -2.04. The van der Waals surface area contributed by atoms with Crippen molar-refractivity contribution in [3.63, 3.8) is 0 Å². The lowest BCUT2D eigenvalue weighted by molar-refractivity contribution is 0.0996. The Morgan fingerprint density at radius 3 is 2.94 bits per heavy atom. The van der Waals surface area contributed by atoms with Gasteiger partial charge < -0.3 is 15.5 Å². The summed E-state index contributed by atoms with van der Waals surface area (Å²) in [6.45, 7) is 2.84. The molecule has 0 aliphatic rings. The van der Waals surface area contributed by atoms with Gasteiger partial charge in [-0.2, -0.15) is 0 Å². The van der Waals surface area contributed by atoms with Crippen LogP contribution in [0.3, 0.4) is 0 Å². The SMILES string of the molecule is CCCCOc1ccc2cc(C(N)=O)[nH]c2c1. The Balaban J connectivity index is 2.21. The van der Waals surface area contributed by atoms with Crippen LogP contribution in [0.1, 0.15) is 30.3 Å². The number of benzene rings is 1. The van der Waals surface area contributed by atoms with E-state index in [4.69, 9.17) is 10.5 Å². The molecule has 0 saturated heterocycles. The summed E-state index contributed by atoms with van der Waals surface area (Å²) in [5.41, 5.74) is 6.50. The van der Waals surface area contributed by atoms with Crippen LogP contribution >= 0.6 is 0 Å². The van der Waals surface area contributed by atoms with Crippen LogP contribution in [0, 0.1) is 0 Å². The predicted octanol–water partition coefficient (Wildman–Crippen LogP) is 2.45. The van der Waals surface area contributed by atoms with E-state index in [2.05, 4.69) is 11.9 Å². The van der Waals surface area contributed by atoms with Crippen molar-refractivity contribution in [1.29, 1.82) is 0 Å². The minimum absolute atomic E-state index is 0.422. The maximum Gasteiger partial charge on any atom is 0.265 e. The predicted molar refractivity (Wildman–Crippen MR) is 67.2 cm³/mol. The molecular formula is C13H16N2O2. The van der Waals surface area contributed by atoms with Crippen molar-refractivity contribution in [2.75, 3.05) is 6.61 Å². The van der Waals surface area contributed by atoms with Gasteiger partial charge in [0, 0.05) is 17.0 Å². The minimum Gasteiger partial charge on any atom is -0.494 e. The quantitative estimate of drug-likeness (QED) is 0.777. The van der Waals surface area contributed by atoms with Crippen LogP contribution in [0.2, 0.25) is 0 Å². The van der Waals surface area contributed by atoms with Crippen LogP contribution < -0.4 is 10.5 Å². The molecule has 1 heterocycles. The van der Waals surface area contributed by atoms with Gasteiger partial charge in [0.2, 0.25) is 0 Å². The lowest BCUT2D eigenvalue weighted by atomic mass is 10.2. The second-order valence-electron chi connectivity index (χ2n) is 4.00. The Hall–Kier alpha value is -1.97. The topological polar surface area (TPSA) is 68.1 Å². The smallest absolute Gasteiger partial charge is 0.265 e. The average Bonchev–Trinajstić information content (AvgIpc) is 2.72. The van der Waals surface area contributed by atoms with E-state index in [1.54, 1.807) is 6.07 Å². The first-order chi connectivity index (χ1) is 8.20. The highest BCUT2D eigenvalue weighted by Gasteiger charge is 2.06. The van der Waals surface area contributed by atoms with Gasteiger partial charge in [-0.15, -0.1) is 0 Å². The molecule has 1 aromatic carbocycles. The number of primary amides is 1. The fourth-order valence-corrected chi connectivity index (χ4v) is 1.66. The highest BCUT2D eigenvalue weighted by Crippen LogP contribution is 2.21. The minimum atomic E-state index is -0.449. The first-order valence-corrected chi connectivity index (χ1v) is 5.76. The normalized spacial score (nSPS) is 10.6. The largest absolute Gasteiger partial charge is 0.494 e. The van der Waals surface area contributed by atoms with Crippen LogP contribution in [-0.2, 0) is 0 Å². The number of H-pyrrole nitrogens is 1. The molecule has 0 atom stereocenters. The third-order valence-electron chi connectivity index (χ3n) is 2.63. The zero-order valence-electron chi connectivity index (χ0n) is 9.82. The van der Waals surface area contributed by atoms with E-state index in [0.29, 0.717) is 12.3 Å². The van der Waals surface area contributed by atoms with Crippen LogP contribution in [0.25, 0.3) is 10.9 Å². The Labute approximate surface area is 99.8 Å². The summed E-state index contributed by atoms with van der Waals surface area (Å²) in [7, 11) is 0. The summed E-state index contributed by atoms with van der Waals surface area (Å²) < 4.78 is 5.59. The average molecular weight is 232 g/mol. The third kappa shape index (κ3) is 2.58. The number of aromatic nitrogens is 1. The number of carbonyl (C=O) groups is 1. The monoisotopic (exact) mass is 232 g/mol. The van der Waals surface area contributed by atoms with E-state index in [9.17, 15) is 4.79 Å². The number of aromatic amines is 1. The Bertz CT molecular complexity index is 531. The number of fused-ring (bicyclic) bond motifs is 1. The van der Waals surface area contributed by atoms with E-state index in [0.717, 1.165) is 29.5 Å². The van der Waals surface area contributed by atoms with Gasteiger partial charge in [0.25, 0.3) is 5.91 Å². The van der Waals surface area contributed by atoms with E-state index in [-0.39, 0.29) is 0 Å². The van der Waals surface area contributed by atoms with E-state index in [1.807, 2.05) is 18.2 Å². The Morgan fingerprint density at radius 1 is 1.41 bits per heavy atom. The molecule has 1 amide bonds. The van der Waals surface area contributed by atoms with Crippen LogP contribution in [0.5, 0.6) is 5.75 Å². The fourth-order valence-electron chi connectivity index (χ4n) is 1.66. The fraction of sp³-hybridized carbons (Fsp3) is 0.308. The number of nitrogens with two attached hydrogens (primary N) is 1. The zero-order valence-corrected chi connectivity index (χ0v) is 9.82. The Kier molecular flexibility index (Phi) is 3.32. The van der Waals surface area contributed by atoms with Crippen LogP contribution in [0.4, 0.5) is 0 Å². The van der Waals surface area contributed by atoms with E-state index >= 15 is 0 Å². The number of ether oxygens (including phenoxy) is 1. The molecule has 0 aliphatic heterocycles. The molecule has 0 aliphatic carbocycles. The molecule has 1 aromatic heterocycles. The molecule has 0 fully saturated rings. The molecule has 90 valence electrons. The molecule has 0 saturated carbocycles. The zero-order chi connectivity index (χ0) is 12.3. The highest BCUT2D eigenvalue weighted by molar-refractivity contribution is 5.97. The van der Waals surface area contributed by atoms with Gasteiger partial charge >= 0.3 is 0 Å². The summed E-state index contributed by atoms with van der Waals surface area (Å²) in [6.07, 6.45) is 2.14. The van der Waals surface area contributed by atoms with Crippen LogP contribution in [-0.4, -0.2) is 17.5 Å². The van der Waals surface area contributed by atoms with Crippen molar-refractivity contribution >= 4 is 16.8 Å². The van der Waals surface area contributed by atoms with Gasteiger partial charge in [0.1, 0.15) is 11.4 Å². The number of rotatable bonds is 5. The summed E-state index contributed by atoms with van der Waals surface area (Å²) in [4.78, 5) is 14.0. The molecule has 0 unspecified atom stereocenters. The van der Waals surface area contributed by atoms with Crippen molar-refractivity contribution in [2.24, 2.45) is 5.73 Å². The highest BCUT2D eigenvalue weighted by atomic mass is 16.5. The second-order valence-corrected chi connectivity index (χ2v) is 4.00. The van der Waals surface area contributed by atoms with E-state index in [1.165, 1.54) is 0 Å². The van der Waals surface area contributed by atoms with Gasteiger partial charge in [-0.1, -0.05) is 13.3 Å². The maximum atomic E-state index is 11.0. The molecular weight excluding hydrogens is 216 g/mol. The number of hydrogen-bond acceptors (Lipinski definition) is 2. The number of unbranched alkanes of at least 4 members (excludes halogenated alkanes) is 1. The number of hydrogen-bond donors (Lipinski definition) is 2. The number of nitrogens with one attached hydrogen (secondary N) is 1. The van der Waals surface area contributed by atoms with Gasteiger partial charge in [-0.05, 0) is 24.6 Å². The van der Waals surface area contributed by atoms with E-state index < -0.39 is 5.91 Å². The third-order valence-corrected chi connectivity index (χ3v) is 2.63. The van der Waals surface area contributed by atoms with Gasteiger partial charge in [0.05, 0.1) is 6.61 Å². The number of carbonyl (C=O) groups excluding carboxylic acids is 1. The van der Waals surface area contributed by atoms with Crippen LogP contribution in [0.15, 0.2) is 24.3 Å². The van der Waals surface area contributed by atoms with Gasteiger partial charge in [0.15, 0.2) is 0 Å². The molecule has 4 heteroatoms. The molecule has 0 bridgehead atoms. The van der Waals surface area contributed by atoms with Crippen molar-refractivity contribution in [3.8, 4) is 5.75 Å². The lowest BCUT2D eigenvalue weighted by Crippen LogP contribution is -2.10. The van der Waals surface area contributed by atoms with Gasteiger partial charge in [-0.3, -0.25) is 4.79 Å². The Morgan fingerprint density at radius 2 is 2.24 bits per heavy atom. The summed E-state index contributed by atoms with van der Waals surface area (Å²) in [5.74, 6) is 0.360. The molecule has 2 aromatic rings. The van der Waals surface area contributed by atoms with Crippen molar-refractivity contribution in [2.45, 2.75) is 19.8 Å². The first kappa shape index (κ1) is 11.5. The van der Waals surface area contributed by atoms with Gasteiger partial charge in [-0.25, -0.2) is 0 Å². The van der Waals surface area contributed by atoms with Crippen molar-refractivity contribution < 1.29 is 9.53 Å².